The summed E-state index contributed by atoms with van der Waals surface area (Å²) in [6.45, 7) is 0.713. The lowest BCUT2D eigenvalue weighted by molar-refractivity contribution is 0.00726. The lowest BCUT2D eigenvalue weighted by Crippen LogP contribution is -2.14. The van der Waals surface area contributed by atoms with Gasteiger partial charge in [0.25, 0.3) is 0 Å². The molecule has 0 saturated heterocycles. The van der Waals surface area contributed by atoms with E-state index in [0.29, 0.717) is 17.1 Å². The molecule has 0 radical (unpaired) electrons. The van der Waals surface area contributed by atoms with Gasteiger partial charge in [0.1, 0.15) is 11.0 Å². The number of nitrogens with zero attached hydrogens (tertiary/aromatic N) is 3. The van der Waals surface area contributed by atoms with Crippen molar-refractivity contribution in [2.75, 3.05) is 12.4 Å². The monoisotopic (exact) mass is 378 g/mol. The number of hydrogen-bond donors (Lipinski definition) is 1. The number of hydrogen-bond acceptors (Lipinski definition) is 5. The van der Waals surface area contributed by atoms with E-state index in [1.807, 2.05) is 0 Å². The molecule has 2 aromatic rings. The topological polar surface area (TPSA) is 59.9 Å². The maximum absolute atomic E-state index is 13.4. The summed E-state index contributed by atoms with van der Waals surface area (Å²) in [7, 11) is 1.34. The fourth-order valence-corrected chi connectivity index (χ4v) is 1.91. The van der Waals surface area contributed by atoms with Crippen LogP contribution in [-0.2, 0) is 5.92 Å². The van der Waals surface area contributed by atoms with Crippen LogP contribution in [0.3, 0.4) is 0 Å². The zero-order valence-electron chi connectivity index (χ0n) is 11.0. The summed E-state index contributed by atoms with van der Waals surface area (Å²) in [5.41, 5.74) is 0.529. The van der Waals surface area contributed by atoms with Gasteiger partial charge in [-0.2, -0.15) is 13.8 Å². The Balaban J connectivity index is 2.42. The van der Waals surface area contributed by atoms with Gasteiger partial charge in [-0.25, -0.2) is 9.97 Å². The fourth-order valence-electron chi connectivity index (χ4n) is 1.44. The summed E-state index contributed by atoms with van der Waals surface area (Å²) in [6.07, 6.45) is 1.48. The molecular weight excluding hydrogens is 370 g/mol. The number of pyridine rings is 1. The summed E-state index contributed by atoms with van der Waals surface area (Å²) in [5, 5.41) is 3.12. The zero-order chi connectivity index (χ0) is 15.6. The Morgan fingerprint density at radius 3 is 2.67 bits per heavy atom. The van der Waals surface area contributed by atoms with Gasteiger partial charge in [-0.1, -0.05) is 11.6 Å². The zero-order valence-corrected chi connectivity index (χ0v) is 13.3. The average molecular weight is 380 g/mol. The molecule has 2 rings (SSSR count). The minimum absolute atomic E-state index is 0.0281. The second kappa shape index (κ2) is 6.07. The maximum atomic E-state index is 13.4. The molecule has 21 heavy (non-hydrogen) atoms. The molecule has 2 heterocycles. The molecule has 9 heteroatoms. The van der Waals surface area contributed by atoms with Crippen molar-refractivity contribution in [3.05, 3.63) is 33.8 Å². The number of nitrogens with one attached hydrogen (secondary N) is 1. The highest BCUT2D eigenvalue weighted by molar-refractivity contribution is 9.10. The molecule has 0 bridgehead atoms. The van der Waals surface area contributed by atoms with Crippen molar-refractivity contribution in [1.82, 2.24) is 15.0 Å². The molecule has 0 aliphatic carbocycles. The van der Waals surface area contributed by atoms with Crippen LogP contribution in [0.1, 0.15) is 12.7 Å². The lowest BCUT2D eigenvalue weighted by atomic mass is 10.3. The van der Waals surface area contributed by atoms with E-state index in [1.54, 1.807) is 0 Å². The third kappa shape index (κ3) is 3.98. The highest BCUT2D eigenvalue weighted by Gasteiger charge is 2.29. The Kier molecular flexibility index (Phi) is 4.58. The predicted octanol–water partition coefficient (Wildman–Crippen LogP) is 4.15. The van der Waals surface area contributed by atoms with Gasteiger partial charge in [0.15, 0.2) is 0 Å². The Hall–Kier alpha value is -1.54. The number of alkyl halides is 2. The van der Waals surface area contributed by atoms with Crippen molar-refractivity contribution in [2.45, 2.75) is 12.8 Å². The molecule has 0 fully saturated rings. The third-order valence-electron chi connectivity index (χ3n) is 2.39. The van der Waals surface area contributed by atoms with Crippen molar-refractivity contribution in [2.24, 2.45) is 0 Å². The van der Waals surface area contributed by atoms with E-state index < -0.39 is 11.7 Å². The molecular formula is C12H10BrClF2N4O. The Morgan fingerprint density at radius 2 is 2.05 bits per heavy atom. The maximum Gasteiger partial charge on any atom is 0.304 e. The quantitative estimate of drug-likeness (QED) is 0.809. The number of aromatic nitrogens is 3. The van der Waals surface area contributed by atoms with Crippen LogP contribution in [0.15, 0.2) is 22.8 Å². The standard InChI is InChI=1S/C12H10BrClF2N4O/c1-12(15,16)11-19-9(4-10(20-11)21-2)18-7-3-8(14)17-5-6(7)13/h3-5H,1-2H3,(H,17,18,19,20). The van der Waals surface area contributed by atoms with Gasteiger partial charge in [0, 0.05) is 25.3 Å². The smallest absolute Gasteiger partial charge is 0.304 e. The van der Waals surface area contributed by atoms with Crippen molar-refractivity contribution in [3.8, 4) is 5.88 Å². The van der Waals surface area contributed by atoms with Crippen LogP contribution in [-0.4, -0.2) is 22.1 Å². The number of ether oxygens (including phenoxy) is 1. The highest BCUT2D eigenvalue weighted by atomic mass is 79.9. The van der Waals surface area contributed by atoms with Gasteiger partial charge in [0.05, 0.1) is 17.3 Å². The lowest BCUT2D eigenvalue weighted by Gasteiger charge is -2.13. The van der Waals surface area contributed by atoms with Crippen LogP contribution < -0.4 is 10.1 Å². The van der Waals surface area contributed by atoms with Crippen LogP contribution in [0.25, 0.3) is 0 Å². The van der Waals surface area contributed by atoms with Crippen LogP contribution in [0.4, 0.5) is 20.3 Å². The molecule has 0 atom stereocenters. The first-order chi connectivity index (χ1) is 9.79. The highest BCUT2D eigenvalue weighted by Crippen LogP contribution is 2.30. The van der Waals surface area contributed by atoms with E-state index in [9.17, 15) is 8.78 Å². The number of methoxy groups -OCH3 is 1. The molecule has 0 unspecified atom stereocenters. The van der Waals surface area contributed by atoms with E-state index in [4.69, 9.17) is 16.3 Å². The Bertz CT molecular complexity index is 666. The van der Waals surface area contributed by atoms with Gasteiger partial charge in [0.2, 0.25) is 11.7 Å². The molecule has 0 aliphatic rings. The minimum atomic E-state index is -3.18. The molecule has 0 aromatic carbocycles. The molecule has 0 spiro atoms. The minimum Gasteiger partial charge on any atom is -0.481 e. The van der Waals surface area contributed by atoms with Crippen molar-refractivity contribution in [1.29, 1.82) is 0 Å². The molecule has 0 saturated carbocycles. The van der Waals surface area contributed by atoms with E-state index in [-0.39, 0.29) is 16.9 Å². The average Bonchev–Trinajstić information content (AvgIpc) is 2.41. The second-order valence-corrected chi connectivity index (χ2v) is 5.36. The van der Waals surface area contributed by atoms with Gasteiger partial charge >= 0.3 is 5.92 Å². The summed E-state index contributed by atoms with van der Waals surface area (Å²) >= 11 is 9.07. The summed E-state index contributed by atoms with van der Waals surface area (Å²) in [6, 6.07) is 2.93. The summed E-state index contributed by atoms with van der Waals surface area (Å²) in [5.74, 6) is -3.64. The van der Waals surface area contributed by atoms with Gasteiger partial charge in [-0.15, -0.1) is 0 Å². The molecule has 0 amide bonds. The van der Waals surface area contributed by atoms with Crippen molar-refractivity contribution < 1.29 is 13.5 Å². The van der Waals surface area contributed by atoms with Crippen LogP contribution >= 0.6 is 27.5 Å². The first-order valence-corrected chi connectivity index (χ1v) is 6.86. The number of rotatable bonds is 4. The van der Waals surface area contributed by atoms with Gasteiger partial charge < -0.3 is 10.1 Å². The van der Waals surface area contributed by atoms with Gasteiger partial charge in [-0.3, -0.25) is 0 Å². The molecule has 0 aliphatic heterocycles. The Labute approximate surface area is 132 Å². The van der Waals surface area contributed by atoms with Crippen LogP contribution in [0, 0.1) is 0 Å². The molecule has 112 valence electrons. The SMILES string of the molecule is COc1cc(Nc2cc(Cl)ncc2Br)nc(C(C)(F)F)n1. The molecule has 1 N–H and O–H groups in total. The normalized spacial score (nSPS) is 11.3. The van der Waals surface area contributed by atoms with E-state index in [2.05, 4.69) is 36.2 Å². The first kappa shape index (κ1) is 15.8. The second-order valence-electron chi connectivity index (χ2n) is 4.12. The summed E-state index contributed by atoms with van der Waals surface area (Å²) in [4.78, 5) is 11.3. The first-order valence-electron chi connectivity index (χ1n) is 5.69. The summed E-state index contributed by atoms with van der Waals surface area (Å²) < 4.78 is 32.3. The Morgan fingerprint density at radius 1 is 1.33 bits per heavy atom. The van der Waals surface area contributed by atoms with Crippen LogP contribution in [0.2, 0.25) is 5.15 Å². The fraction of sp³-hybridized carbons (Fsp3) is 0.250. The molecule has 2 aromatic heterocycles. The number of halogens is 4. The number of anilines is 2. The van der Waals surface area contributed by atoms with E-state index >= 15 is 0 Å². The van der Waals surface area contributed by atoms with Gasteiger partial charge in [-0.05, 0) is 15.9 Å². The van der Waals surface area contributed by atoms with Crippen molar-refractivity contribution >= 4 is 39.0 Å². The van der Waals surface area contributed by atoms with Crippen LogP contribution in [0.5, 0.6) is 5.88 Å². The third-order valence-corrected chi connectivity index (χ3v) is 3.23. The van der Waals surface area contributed by atoms with E-state index in [0.717, 1.165) is 0 Å². The largest absolute Gasteiger partial charge is 0.481 e. The predicted molar refractivity (Wildman–Crippen MR) is 78.4 cm³/mol. The van der Waals surface area contributed by atoms with Crippen molar-refractivity contribution in [3.63, 3.8) is 0 Å². The van der Waals surface area contributed by atoms with E-state index in [1.165, 1.54) is 25.4 Å². The molecule has 5 nitrogen and oxygen atoms in total.